The lowest BCUT2D eigenvalue weighted by molar-refractivity contribution is 0.205. The Kier molecular flexibility index (Phi) is 4.26. The molecular formula is C20H28N2O2S. The number of rotatable bonds is 1. The molecule has 1 unspecified atom stereocenters. The zero-order valence-electron chi connectivity index (χ0n) is 15.9. The molecule has 3 rings (SSSR count). The van der Waals surface area contributed by atoms with Gasteiger partial charge in [0.15, 0.2) is 0 Å². The van der Waals surface area contributed by atoms with Crippen molar-refractivity contribution in [1.29, 1.82) is 0 Å². The smallest absolute Gasteiger partial charge is 0.195 e. The molecule has 5 heteroatoms. The average Bonchev–Trinajstić information content (AvgIpc) is 2.78. The van der Waals surface area contributed by atoms with Gasteiger partial charge in [0.2, 0.25) is 0 Å². The summed E-state index contributed by atoms with van der Waals surface area (Å²) in [6.07, 6.45) is 0. The Morgan fingerprint density at radius 1 is 0.880 bits per heavy atom. The summed E-state index contributed by atoms with van der Waals surface area (Å²) in [6.45, 7) is 12.2. The Balaban J connectivity index is 2.15. The van der Waals surface area contributed by atoms with Crippen LogP contribution in [0.3, 0.4) is 0 Å². The van der Waals surface area contributed by atoms with Gasteiger partial charge in [-0.2, -0.15) is 17.0 Å². The van der Waals surface area contributed by atoms with Gasteiger partial charge in [-0.3, -0.25) is 0 Å². The summed E-state index contributed by atoms with van der Waals surface area (Å²) in [5.74, 6) is 0. The van der Waals surface area contributed by atoms with E-state index in [2.05, 4.69) is 30.3 Å². The number of benzene rings is 2. The second-order valence-corrected chi connectivity index (χ2v) is 10.5. The van der Waals surface area contributed by atoms with Crippen molar-refractivity contribution in [2.45, 2.75) is 58.7 Å². The maximum Gasteiger partial charge on any atom is 0.283 e. The zero-order chi connectivity index (χ0) is 18.6. The summed E-state index contributed by atoms with van der Waals surface area (Å²) in [5.41, 5.74) is 0.104. The molecule has 25 heavy (non-hydrogen) atoms. The molecule has 0 bridgehead atoms. The minimum Gasteiger partial charge on any atom is -0.195 e. The molecule has 0 amide bonds. The molecule has 0 saturated carbocycles. The van der Waals surface area contributed by atoms with Crippen LogP contribution in [0.25, 0.3) is 10.8 Å². The topological polar surface area (TPSA) is 40.6 Å². The van der Waals surface area contributed by atoms with Gasteiger partial charge in [-0.25, -0.2) is 0 Å². The largest absolute Gasteiger partial charge is 0.283 e. The molecule has 0 spiro atoms. The van der Waals surface area contributed by atoms with Crippen LogP contribution < -0.4 is 0 Å². The van der Waals surface area contributed by atoms with Crippen LogP contribution in [0.4, 0.5) is 0 Å². The van der Waals surface area contributed by atoms with Crippen LogP contribution in [0.1, 0.15) is 53.1 Å². The van der Waals surface area contributed by atoms with Crippen molar-refractivity contribution in [2.75, 3.05) is 6.54 Å². The van der Waals surface area contributed by atoms with Crippen molar-refractivity contribution >= 4 is 21.0 Å². The van der Waals surface area contributed by atoms with Gasteiger partial charge in [0, 0.05) is 17.6 Å². The Morgan fingerprint density at radius 2 is 1.48 bits per heavy atom. The average molecular weight is 361 g/mol. The van der Waals surface area contributed by atoms with Gasteiger partial charge in [0.25, 0.3) is 10.2 Å². The molecule has 4 nitrogen and oxygen atoms in total. The molecule has 0 N–H and O–H groups in total. The van der Waals surface area contributed by atoms with Gasteiger partial charge in [-0.1, -0.05) is 36.4 Å². The highest BCUT2D eigenvalue weighted by Gasteiger charge is 2.52. The van der Waals surface area contributed by atoms with Gasteiger partial charge < -0.3 is 0 Å². The molecule has 2 aromatic rings. The summed E-state index contributed by atoms with van der Waals surface area (Å²) in [6, 6.07) is 14.3. The van der Waals surface area contributed by atoms with Crippen LogP contribution in [-0.4, -0.2) is 34.7 Å². The van der Waals surface area contributed by atoms with E-state index in [9.17, 15) is 8.42 Å². The number of hydrogen-bond donors (Lipinski definition) is 0. The van der Waals surface area contributed by atoms with Gasteiger partial charge in [0.05, 0.1) is 6.04 Å². The lowest BCUT2D eigenvalue weighted by Crippen LogP contribution is -2.49. The van der Waals surface area contributed by atoms with Crippen molar-refractivity contribution in [1.82, 2.24) is 8.61 Å². The van der Waals surface area contributed by atoms with Gasteiger partial charge >= 0.3 is 0 Å². The second-order valence-electron chi connectivity index (χ2n) is 8.80. The first-order valence-electron chi connectivity index (χ1n) is 8.73. The van der Waals surface area contributed by atoms with Crippen LogP contribution >= 0.6 is 0 Å². The van der Waals surface area contributed by atoms with E-state index >= 15 is 0 Å². The molecule has 1 aliphatic heterocycles. The Hall–Kier alpha value is -1.43. The number of nitrogens with zero attached hydrogens (tertiary/aromatic N) is 2. The highest BCUT2D eigenvalue weighted by molar-refractivity contribution is 7.87. The third-order valence-electron chi connectivity index (χ3n) is 4.72. The van der Waals surface area contributed by atoms with E-state index in [1.807, 2.05) is 53.7 Å². The lowest BCUT2D eigenvalue weighted by atomic mass is 9.98. The number of fused-ring (bicyclic) bond motifs is 1. The van der Waals surface area contributed by atoms with E-state index in [0.717, 1.165) is 10.9 Å². The van der Waals surface area contributed by atoms with Crippen molar-refractivity contribution in [3.63, 3.8) is 0 Å². The quantitative estimate of drug-likeness (QED) is 0.759. The highest BCUT2D eigenvalue weighted by Crippen LogP contribution is 2.42. The van der Waals surface area contributed by atoms with Gasteiger partial charge in [-0.15, -0.1) is 0 Å². The Labute approximate surface area is 151 Å². The van der Waals surface area contributed by atoms with Crippen molar-refractivity contribution in [3.8, 4) is 0 Å². The van der Waals surface area contributed by atoms with Gasteiger partial charge in [0.1, 0.15) is 0 Å². The first-order valence-corrected chi connectivity index (χ1v) is 10.1. The standard InChI is InChI=1S/C20H28N2O2S/c1-19(2,3)21-14-18(22(20(4,5)6)25(21,23)24)17-12-11-15-9-7-8-10-16(15)13-17/h7-13,18H,14H2,1-6H3. The third kappa shape index (κ3) is 3.21. The van der Waals surface area contributed by atoms with Crippen molar-refractivity contribution in [3.05, 3.63) is 48.0 Å². The monoisotopic (exact) mass is 360 g/mol. The predicted molar refractivity (Wildman–Crippen MR) is 104 cm³/mol. The molecule has 0 aliphatic carbocycles. The third-order valence-corrected chi connectivity index (χ3v) is 7.27. The number of hydrogen-bond acceptors (Lipinski definition) is 2. The summed E-state index contributed by atoms with van der Waals surface area (Å²) >= 11 is 0. The van der Waals surface area contributed by atoms with E-state index in [-0.39, 0.29) is 6.04 Å². The van der Waals surface area contributed by atoms with Crippen LogP contribution in [0.5, 0.6) is 0 Å². The fraction of sp³-hybridized carbons (Fsp3) is 0.500. The zero-order valence-corrected chi connectivity index (χ0v) is 16.8. The molecule has 1 fully saturated rings. The first kappa shape index (κ1) is 18.4. The normalized spacial score (nSPS) is 22.6. The molecular weight excluding hydrogens is 332 g/mol. The molecule has 1 aliphatic rings. The maximum absolute atomic E-state index is 13.3. The molecule has 0 radical (unpaired) electrons. The summed E-state index contributed by atoms with van der Waals surface area (Å²) in [7, 11) is -3.53. The molecule has 1 saturated heterocycles. The predicted octanol–water partition coefficient (Wildman–Crippen LogP) is 4.34. The molecule has 0 aromatic heterocycles. The van der Waals surface area contributed by atoms with E-state index in [1.54, 1.807) is 8.61 Å². The fourth-order valence-corrected chi connectivity index (χ4v) is 6.12. The van der Waals surface area contributed by atoms with Crippen molar-refractivity contribution < 1.29 is 8.42 Å². The van der Waals surface area contributed by atoms with Crippen LogP contribution in [0.15, 0.2) is 42.5 Å². The molecule has 1 atom stereocenters. The fourth-order valence-electron chi connectivity index (χ4n) is 3.68. The maximum atomic E-state index is 13.3. The molecule has 2 aromatic carbocycles. The summed E-state index contributed by atoms with van der Waals surface area (Å²) in [4.78, 5) is 0. The van der Waals surface area contributed by atoms with E-state index in [1.165, 1.54) is 5.39 Å². The summed E-state index contributed by atoms with van der Waals surface area (Å²) in [5, 5.41) is 2.31. The van der Waals surface area contributed by atoms with Crippen LogP contribution in [0, 0.1) is 0 Å². The SMILES string of the molecule is CC(C)(C)N1CC(c2ccc3ccccc3c2)N(C(C)(C)C)S1(=O)=O. The lowest BCUT2D eigenvalue weighted by Gasteiger charge is -2.36. The highest BCUT2D eigenvalue weighted by atomic mass is 32.2. The van der Waals surface area contributed by atoms with Gasteiger partial charge in [-0.05, 0) is 63.9 Å². The minimum atomic E-state index is -3.53. The first-order chi connectivity index (χ1) is 11.4. The molecule has 136 valence electrons. The Bertz CT molecular complexity index is 892. The van der Waals surface area contributed by atoms with Crippen molar-refractivity contribution in [2.24, 2.45) is 0 Å². The van der Waals surface area contributed by atoms with Crippen LogP contribution in [-0.2, 0) is 10.2 Å². The molecule has 1 heterocycles. The Morgan fingerprint density at radius 3 is 2.04 bits per heavy atom. The van der Waals surface area contributed by atoms with Crippen LogP contribution in [0.2, 0.25) is 0 Å². The minimum absolute atomic E-state index is 0.186. The second kappa shape index (κ2) is 5.79. The van der Waals surface area contributed by atoms with E-state index in [0.29, 0.717) is 6.54 Å². The van der Waals surface area contributed by atoms with E-state index in [4.69, 9.17) is 0 Å². The van der Waals surface area contributed by atoms with E-state index < -0.39 is 21.3 Å². The summed E-state index contributed by atoms with van der Waals surface area (Å²) < 4.78 is 29.9.